The molecule has 1 aromatic heterocycles. The molecule has 0 aliphatic heterocycles. The van der Waals surface area contributed by atoms with Gasteiger partial charge in [-0.05, 0) is 48.0 Å². The second kappa shape index (κ2) is 9.53. The number of nitrogens with one attached hydrogen (secondary N) is 1. The number of aromatic nitrogens is 2. The molecule has 3 rings (SSSR count). The Kier molecular flexibility index (Phi) is 6.39. The molecule has 1 heterocycles. The first-order chi connectivity index (χ1) is 14.6. The van der Waals surface area contributed by atoms with Crippen LogP contribution in [0.3, 0.4) is 0 Å². The summed E-state index contributed by atoms with van der Waals surface area (Å²) >= 11 is 0. The fourth-order valence-corrected chi connectivity index (χ4v) is 2.36. The quantitative estimate of drug-likeness (QED) is 0.225. The predicted molar refractivity (Wildman–Crippen MR) is 104 cm³/mol. The van der Waals surface area contributed by atoms with Crippen molar-refractivity contribution in [3.8, 4) is 23.6 Å². The molecule has 0 saturated heterocycles. The summed E-state index contributed by atoms with van der Waals surface area (Å²) in [6, 6.07) is 14.2. The number of anilines is 1. The van der Waals surface area contributed by atoms with Crippen LogP contribution in [0.15, 0.2) is 64.2 Å². The van der Waals surface area contributed by atoms with Crippen molar-refractivity contribution >= 4 is 23.6 Å². The van der Waals surface area contributed by atoms with Crippen molar-refractivity contribution in [3.05, 3.63) is 65.9 Å². The first kappa shape index (κ1) is 20.1. The van der Waals surface area contributed by atoms with E-state index in [0.29, 0.717) is 29.1 Å². The highest BCUT2D eigenvalue weighted by Crippen LogP contribution is 2.12. The van der Waals surface area contributed by atoms with E-state index < -0.39 is 12.0 Å². The fourth-order valence-electron chi connectivity index (χ4n) is 2.36. The number of hydrogen-bond acceptors (Lipinski definition) is 7. The molecular weight excluding hydrogens is 386 g/mol. The van der Waals surface area contributed by atoms with Gasteiger partial charge in [0.25, 0.3) is 6.20 Å². The summed E-state index contributed by atoms with van der Waals surface area (Å²) in [6.45, 7) is 2.03. The fraction of sp³-hybridized carbons (Fsp3) is 0.0952. The van der Waals surface area contributed by atoms with Crippen LogP contribution in [0.4, 0.5) is 11.6 Å². The summed E-state index contributed by atoms with van der Waals surface area (Å²) in [7, 11) is 0. The van der Waals surface area contributed by atoms with E-state index in [2.05, 4.69) is 27.4 Å². The minimum atomic E-state index is -0.646. The summed E-state index contributed by atoms with van der Waals surface area (Å²) < 4.78 is 11.4. The molecule has 1 N–H and O–H groups in total. The number of rotatable bonds is 5. The van der Waals surface area contributed by atoms with E-state index in [-0.39, 0.29) is 5.88 Å². The molecule has 0 atom stereocenters. The van der Waals surface area contributed by atoms with E-state index in [1.165, 1.54) is 10.9 Å². The van der Waals surface area contributed by atoms with Crippen molar-refractivity contribution < 1.29 is 23.8 Å². The van der Waals surface area contributed by atoms with Crippen molar-refractivity contribution in [1.29, 1.82) is 5.26 Å². The van der Waals surface area contributed by atoms with Crippen LogP contribution in [0.2, 0.25) is 0 Å². The van der Waals surface area contributed by atoms with Crippen LogP contribution >= 0.6 is 0 Å². The highest BCUT2D eigenvalue weighted by atomic mass is 16.5. The summed E-state index contributed by atoms with van der Waals surface area (Å²) in [5.74, 6) is 4.53. The number of nitrogens with zero attached hydrogens (tertiary/aromatic N) is 4. The molecule has 9 nitrogen and oxygen atoms in total. The standard InChI is InChI=1S/C21H15N5O4/c1-2-29-20(27)16-7-11-18(12-8-16)26-14-19(30-25-26)24-21(28)23-17-9-5-15(6-10-17)4-3-13-22/h5-12,14H,2H2,1H3,(H-,23,24,25,28). The summed E-state index contributed by atoms with van der Waals surface area (Å²) in [5.41, 5.74) is 2.19. The zero-order valence-corrected chi connectivity index (χ0v) is 15.8. The van der Waals surface area contributed by atoms with Gasteiger partial charge in [0, 0.05) is 29.3 Å². The minimum Gasteiger partial charge on any atom is -0.846 e. The second-order valence-corrected chi connectivity index (χ2v) is 5.73. The normalized spacial score (nSPS) is 10.5. The number of carbonyl (C=O) groups is 1. The lowest BCUT2D eigenvalue weighted by molar-refractivity contribution is -0.670. The summed E-state index contributed by atoms with van der Waals surface area (Å²) in [4.78, 5) is 15.5. The SMILES string of the molecule is CCOC(=O)c1ccc(-[n+]2cc(/N=C(\[O-])Nc3ccc(C#CC#N)cc3)on2)cc1. The van der Waals surface area contributed by atoms with Gasteiger partial charge in [-0.2, -0.15) is 5.26 Å². The number of esters is 1. The zero-order valence-electron chi connectivity index (χ0n) is 15.8. The Bertz CT molecular complexity index is 1160. The molecule has 0 fully saturated rings. The molecule has 30 heavy (non-hydrogen) atoms. The number of nitriles is 1. The van der Waals surface area contributed by atoms with Gasteiger partial charge in [0.05, 0.1) is 18.2 Å². The average molecular weight is 401 g/mol. The van der Waals surface area contributed by atoms with E-state index >= 15 is 0 Å². The smallest absolute Gasteiger partial charge is 0.338 e. The van der Waals surface area contributed by atoms with Gasteiger partial charge in [-0.3, -0.25) is 4.52 Å². The minimum absolute atomic E-state index is 0.00141. The summed E-state index contributed by atoms with van der Waals surface area (Å²) in [6.07, 6.45) is 1.43. The Morgan fingerprint density at radius 3 is 2.67 bits per heavy atom. The van der Waals surface area contributed by atoms with Gasteiger partial charge in [-0.25, -0.2) is 9.79 Å². The third-order valence-electron chi connectivity index (χ3n) is 3.71. The van der Waals surface area contributed by atoms with Gasteiger partial charge in [0.2, 0.25) is 11.0 Å². The second-order valence-electron chi connectivity index (χ2n) is 5.73. The molecule has 0 bridgehead atoms. The zero-order chi connectivity index (χ0) is 21.3. The van der Waals surface area contributed by atoms with Crippen LogP contribution in [0, 0.1) is 23.2 Å². The maximum atomic E-state index is 12.1. The first-order valence-electron chi connectivity index (χ1n) is 8.78. The van der Waals surface area contributed by atoms with Gasteiger partial charge in [0.15, 0.2) is 6.07 Å². The van der Waals surface area contributed by atoms with Crippen molar-refractivity contribution in [2.75, 3.05) is 11.9 Å². The van der Waals surface area contributed by atoms with E-state index in [0.717, 1.165) is 0 Å². The lowest BCUT2D eigenvalue weighted by Gasteiger charge is -2.11. The van der Waals surface area contributed by atoms with Crippen molar-refractivity contribution in [3.63, 3.8) is 0 Å². The number of aliphatic imine (C=N–C) groups is 1. The van der Waals surface area contributed by atoms with Gasteiger partial charge in [-0.15, -0.1) is 0 Å². The van der Waals surface area contributed by atoms with Crippen LogP contribution < -0.4 is 15.1 Å². The van der Waals surface area contributed by atoms with Crippen molar-refractivity contribution in [2.24, 2.45) is 4.99 Å². The topological polar surface area (TPSA) is 127 Å². The number of benzene rings is 2. The molecule has 0 unspecified atom stereocenters. The molecule has 0 saturated carbocycles. The molecule has 148 valence electrons. The summed E-state index contributed by atoms with van der Waals surface area (Å²) in [5, 5.41) is 26.9. The third-order valence-corrected chi connectivity index (χ3v) is 3.71. The average Bonchev–Trinajstić information content (AvgIpc) is 3.22. The lowest BCUT2D eigenvalue weighted by Crippen LogP contribution is -2.31. The van der Waals surface area contributed by atoms with E-state index in [4.69, 9.17) is 14.5 Å². The Labute approximate surface area is 171 Å². The molecule has 0 spiro atoms. The Morgan fingerprint density at radius 1 is 1.27 bits per heavy atom. The van der Waals surface area contributed by atoms with E-state index in [1.54, 1.807) is 61.5 Å². The Morgan fingerprint density at radius 2 is 2.00 bits per heavy atom. The molecular formula is C21H15N5O4. The Balaban J connectivity index is 1.67. The molecule has 2 aromatic carbocycles. The Hall–Kier alpha value is -4.63. The number of amidine groups is 1. The molecule has 0 amide bonds. The van der Waals surface area contributed by atoms with Gasteiger partial charge in [-0.1, -0.05) is 5.92 Å². The van der Waals surface area contributed by atoms with Gasteiger partial charge in [0.1, 0.15) is 0 Å². The third kappa shape index (κ3) is 5.21. The molecule has 3 aromatic rings. The van der Waals surface area contributed by atoms with E-state index in [1.807, 2.05) is 0 Å². The number of hydrogen-bond donors (Lipinski definition) is 1. The van der Waals surface area contributed by atoms with Crippen LogP contribution in [0.1, 0.15) is 22.8 Å². The molecule has 9 heteroatoms. The highest BCUT2D eigenvalue weighted by Gasteiger charge is 2.15. The predicted octanol–water partition coefficient (Wildman–Crippen LogP) is 1.46. The maximum Gasteiger partial charge on any atom is 0.338 e. The number of ether oxygens (including phenoxy) is 1. The highest BCUT2D eigenvalue weighted by molar-refractivity contribution is 5.89. The first-order valence-corrected chi connectivity index (χ1v) is 8.78. The van der Waals surface area contributed by atoms with Crippen molar-refractivity contribution in [1.82, 2.24) is 5.27 Å². The van der Waals surface area contributed by atoms with E-state index in [9.17, 15) is 9.90 Å². The molecule has 0 radical (unpaired) electrons. The number of carbonyl (C=O) groups excluding carboxylic acids is 1. The monoisotopic (exact) mass is 401 g/mol. The van der Waals surface area contributed by atoms with Crippen molar-refractivity contribution in [2.45, 2.75) is 6.92 Å². The van der Waals surface area contributed by atoms with Gasteiger partial charge < -0.3 is 15.2 Å². The van der Waals surface area contributed by atoms with Crippen LogP contribution in [0.25, 0.3) is 5.69 Å². The molecule has 0 aliphatic carbocycles. The largest absolute Gasteiger partial charge is 0.846 e. The van der Waals surface area contributed by atoms with Crippen LogP contribution in [-0.2, 0) is 4.74 Å². The maximum absolute atomic E-state index is 12.1. The van der Waals surface area contributed by atoms with Crippen LogP contribution in [0.5, 0.6) is 0 Å². The van der Waals surface area contributed by atoms with Crippen LogP contribution in [-0.4, -0.2) is 23.9 Å². The molecule has 0 aliphatic rings. The lowest BCUT2D eigenvalue weighted by atomic mass is 10.2. The van der Waals surface area contributed by atoms with Gasteiger partial charge >= 0.3 is 11.9 Å².